The van der Waals surface area contributed by atoms with E-state index in [1.807, 2.05) is 0 Å². The molecule has 2 heteroatoms. The van der Waals surface area contributed by atoms with Gasteiger partial charge in [-0.15, -0.1) is 0 Å². The molecule has 1 N–H and O–H groups in total. The molecule has 0 aliphatic heterocycles. The van der Waals surface area contributed by atoms with Gasteiger partial charge in [0.05, 0.1) is 12.6 Å². The van der Waals surface area contributed by atoms with Gasteiger partial charge in [-0.25, -0.2) is 0 Å². The van der Waals surface area contributed by atoms with E-state index in [1.54, 1.807) is 0 Å². The highest BCUT2D eigenvalue weighted by Crippen LogP contribution is 2.20. The van der Waals surface area contributed by atoms with Gasteiger partial charge in [-0.3, -0.25) is 0 Å². The first-order chi connectivity index (χ1) is 9.58. The molecule has 1 rings (SSSR count). The maximum atomic E-state index is 5.94. The molecule has 0 heterocycles. The fourth-order valence-electron chi connectivity index (χ4n) is 2.68. The number of aryl methyl sites for hydroxylation is 2. The largest absolute Gasteiger partial charge is 0.379 e. The molecule has 0 bridgehead atoms. The van der Waals surface area contributed by atoms with E-state index in [4.69, 9.17) is 4.74 Å². The second-order valence-electron chi connectivity index (χ2n) is 5.90. The summed E-state index contributed by atoms with van der Waals surface area (Å²) < 4.78 is 5.94. The fraction of sp³-hybridized carbons (Fsp3) is 0.667. The zero-order chi connectivity index (χ0) is 15.0. The van der Waals surface area contributed by atoms with E-state index in [0.717, 1.165) is 19.8 Å². The molecule has 0 aliphatic rings. The van der Waals surface area contributed by atoms with E-state index in [-0.39, 0.29) is 0 Å². The van der Waals surface area contributed by atoms with Gasteiger partial charge in [0.15, 0.2) is 0 Å². The Morgan fingerprint density at radius 3 is 2.50 bits per heavy atom. The minimum absolute atomic E-state index is 0.300. The molecular formula is C18H31NO. The minimum atomic E-state index is 0.300. The van der Waals surface area contributed by atoms with Gasteiger partial charge in [-0.1, -0.05) is 51.0 Å². The molecule has 0 aliphatic carbocycles. The Morgan fingerprint density at radius 2 is 1.90 bits per heavy atom. The standard InChI is InChI=1S/C18H31NO/c1-6-8-15(4)12-20-13-18(19-7-2)17-10-9-14(3)11-16(17)5/h9-11,15,18-19H,6-8,12-13H2,1-5H3. The molecule has 2 unspecified atom stereocenters. The summed E-state index contributed by atoms with van der Waals surface area (Å²) in [7, 11) is 0. The van der Waals surface area contributed by atoms with Gasteiger partial charge in [0.1, 0.15) is 0 Å². The van der Waals surface area contributed by atoms with Gasteiger partial charge >= 0.3 is 0 Å². The molecule has 20 heavy (non-hydrogen) atoms. The number of hydrogen-bond acceptors (Lipinski definition) is 2. The van der Waals surface area contributed by atoms with Crippen LogP contribution in [-0.2, 0) is 4.74 Å². The summed E-state index contributed by atoms with van der Waals surface area (Å²) in [5.74, 6) is 0.654. The maximum Gasteiger partial charge on any atom is 0.0661 e. The van der Waals surface area contributed by atoms with Crippen molar-refractivity contribution in [3.8, 4) is 0 Å². The Hall–Kier alpha value is -0.860. The molecule has 2 atom stereocenters. The van der Waals surface area contributed by atoms with Crippen molar-refractivity contribution in [3.63, 3.8) is 0 Å². The topological polar surface area (TPSA) is 21.3 Å². The fourth-order valence-corrected chi connectivity index (χ4v) is 2.68. The van der Waals surface area contributed by atoms with E-state index in [1.165, 1.54) is 29.5 Å². The molecule has 0 saturated heterocycles. The highest BCUT2D eigenvalue weighted by Gasteiger charge is 2.13. The smallest absolute Gasteiger partial charge is 0.0661 e. The van der Waals surface area contributed by atoms with E-state index < -0.39 is 0 Å². The van der Waals surface area contributed by atoms with Crippen molar-refractivity contribution in [2.24, 2.45) is 5.92 Å². The number of nitrogens with one attached hydrogen (secondary N) is 1. The number of benzene rings is 1. The van der Waals surface area contributed by atoms with Crippen LogP contribution in [0.5, 0.6) is 0 Å². The lowest BCUT2D eigenvalue weighted by molar-refractivity contribution is 0.0834. The van der Waals surface area contributed by atoms with Crippen LogP contribution in [0.2, 0.25) is 0 Å². The Morgan fingerprint density at radius 1 is 1.15 bits per heavy atom. The van der Waals surface area contributed by atoms with Gasteiger partial charge in [0.25, 0.3) is 0 Å². The zero-order valence-corrected chi connectivity index (χ0v) is 13.8. The Kier molecular flexibility index (Phi) is 7.86. The van der Waals surface area contributed by atoms with Crippen molar-refractivity contribution in [2.75, 3.05) is 19.8 Å². The van der Waals surface area contributed by atoms with Crippen molar-refractivity contribution >= 4 is 0 Å². The third kappa shape index (κ3) is 5.64. The monoisotopic (exact) mass is 277 g/mol. The average molecular weight is 277 g/mol. The van der Waals surface area contributed by atoms with Crippen molar-refractivity contribution < 1.29 is 4.74 Å². The molecule has 0 aromatic heterocycles. The number of hydrogen-bond donors (Lipinski definition) is 1. The van der Waals surface area contributed by atoms with Gasteiger partial charge in [0.2, 0.25) is 0 Å². The number of rotatable bonds is 9. The SMILES string of the molecule is CCCC(C)COCC(NCC)c1ccc(C)cc1C. The number of ether oxygens (including phenoxy) is 1. The molecule has 0 saturated carbocycles. The van der Waals surface area contributed by atoms with Gasteiger partial charge in [0, 0.05) is 6.61 Å². The van der Waals surface area contributed by atoms with E-state index in [0.29, 0.717) is 12.0 Å². The summed E-state index contributed by atoms with van der Waals surface area (Å²) >= 11 is 0. The predicted molar refractivity (Wildman–Crippen MR) is 87.2 cm³/mol. The van der Waals surface area contributed by atoms with Crippen LogP contribution < -0.4 is 5.32 Å². The van der Waals surface area contributed by atoms with Crippen LogP contribution >= 0.6 is 0 Å². The summed E-state index contributed by atoms with van der Waals surface area (Å²) in [6.07, 6.45) is 2.48. The Balaban J connectivity index is 2.59. The second-order valence-corrected chi connectivity index (χ2v) is 5.90. The van der Waals surface area contributed by atoms with E-state index in [2.05, 4.69) is 58.1 Å². The van der Waals surface area contributed by atoms with Crippen LogP contribution in [0, 0.1) is 19.8 Å². The van der Waals surface area contributed by atoms with Crippen LogP contribution in [0.3, 0.4) is 0 Å². The molecule has 1 aromatic carbocycles. The summed E-state index contributed by atoms with van der Waals surface area (Å²) in [5.41, 5.74) is 4.03. The lowest BCUT2D eigenvalue weighted by Gasteiger charge is -2.22. The third-order valence-electron chi connectivity index (χ3n) is 3.72. The minimum Gasteiger partial charge on any atom is -0.379 e. The maximum absolute atomic E-state index is 5.94. The first-order valence-electron chi connectivity index (χ1n) is 7.96. The van der Waals surface area contributed by atoms with E-state index in [9.17, 15) is 0 Å². The first kappa shape index (κ1) is 17.2. The van der Waals surface area contributed by atoms with Crippen LogP contribution in [-0.4, -0.2) is 19.8 Å². The van der Waals surface area contributed by atoms with Crippen LogP contribution in [0.15, 0.2) is 18.2 Å². The van der Waals surface area contributed by atoms with Crippen LogP contribution in [0.4, 0.5) is 0 Å². The van der Waals surface area contributed by atoms with Crippen molar-refractivity contribution in [1.29, 1.82) is 0 Å². The molecular weight excluding hydrogens is 246 g/mol. The molecule has 0 fully saturated rings. The Bertz CT molecular complexity index is 389. The normalized spacial score (nSPS) is 14.2. The highest BCUT2D eigenvalue weighted by molar-refractivity contribution is 5.32. The van der Waals surface area contributed by atoms with Crippen molar-refractivity contribution in [1.82, 2.24) is 5.32 Å². The molecule has 2 nitrogen and oxygen atoms in total. The molecule has 1 aromatic rings. The highest BCUT2D eigenvalue weighted by atomic mass is 16.5. The summed E-state index contributed by atoms with van der Waals surface area (Å²) in [6.45, 7) is 13.6. The second kappa shape index (κ2) is 9.15. The summed E-state index contributed by atoms with van der Waals surface area (Å²) in [6, 6.07) is 6.97. The molecule has 0 radical (unpaired) electrons. The third-order valence-corrected chi connectivity index (χ3v) is 3.72. The summed E-state index contributed by atoms with van der Waals surface area (Å²) in [4.78, 5) is 0. The average Bonchev–Trinajstić information content (AvgIpc) is 2.38. The van der Waals surface area contributed by atoms with Gasteiger partial charge < -0.3 is 10.1 Å². The lowest BCUT2D eigenvalue weighted by atomic mass is 9.99. The lowest BCUT2D eigenvalue weighted by Crippen LogP contribution is -2.27. The van der Waals surface area contributed by atoms with Crippen LogP contribution in [0.1, 0.15) is 56.3 Å². The molecule has 114 valence electrons. The predicted octanol–water partition coefficient (Wildman–Crippen LogP) is 4.41. The Labute approximate surface area is 124 Å². The zero-order valence-electron chi connectivity index (χ0n) is 13.8. The molecule has 0 amide bonds. The molecule has 0 spiro atoms. The van der Waals surface area contributed by atoms with Crippen molar-refractivity contribution in [2.45, 2.75) is 53.5 Å². The van der Waals surface area contributed by atoms with Gasteiger partial charge in [-0.2, -0.15) is 0 Å². The first-order valence-corrected chi connectivity index (χ1v) is 7.96. The quantitative estimate of drug-likeness (QED) is 0.722. The van der Waals surface area contributed by atoms with Crippen LogP contribution in [0.25, 0.3) is 0 Å². The van der Waals surface area contributed by atoms with Crippen molar-refractivity contribution in [3.05, 3.63) is 34.9 Å². The van der Waals surface area contributed by atoms with Gasteiger partial charge in [-0.05, 0) is 43.9 Å². The number of likely N-dealkylation sites (N-methyl/N-ethyl adjacent to an activating group) is 1. The summed E-state index contributed by atoms with van der Waals surface area (Å²) in [5, 5.41) is 3.54. The van der Waals surface area contributed by atoms with E-state index >= 15 is 0 Å².